The van der Waals surface area contributed by atoms with Gasteiger partial charge in [-0.1, -0.05) is 44.7 Å². The van der Waals surface area contributed by atoms with E-state index in [9.17, 15) is 9.59 Å². The molecule has 0 saturated heterocycles. The Labute approximate surface area is 206 Å². The summed E-state index contributed by atoms with van der Waals surface area (Å²) >= 11 is 1.74. The summed E-state index contributed by atoms with van der Waals surface area (Å²) in [6.07, 6.45) is 7.78. The number of hydrogen-bond acceptors (Lipinski definition) is 3. The maximum absolute atomic E-state index is 14.1. The average molecular weight is 478 g/mol. The lowest BCUT2D eigenvalue weighted by atomic mass is 9.91. The van der Waals surface area contributed by atoms with Crippen molar-refractivity contribution in [3.05, 3.63) is 52.0 Å². The van der Waals surface area contributed by atoms with Crippen LogP contribution in [0.1, 0.15) is 78.9 Å². The number of carbonyl (C=O) groups excluding carboxylic acids is 2. The third-order valence-corrected chi connectivity index (χ3v) is 8.87. The van der Waals surface area contributed by atoms with E-state index in [4.69, 9.17) is 0 Å². The second-order valence-electron chi connectivity index (χ2n) is 10.3. The van der Waals surface area contributed by atoms with Crippen molar-refractivity contribution < 1.29 is 9.59 Å². The predicted molar refractivity (Wildman–Crippen MR) is 140 cm³/mol. The molecule has 1 fully saturated rings. The maximum Gasteiger partial charge on any atom is 0.275 e. The van der Waals surface area contributed by atoms with Crippen LogP contribution in [-0.2, 0) is 17.8 Å². The minimum atomic E-state index is -1.02. The van der Waals surface area contributed by atoms with Crippen molar-refractivity contribution in [1.29, 1.82) is 0 Å². The number of nitrogens with zero attached hydrogens (tertiary/aromatic N) is 2. The van der Waals surface area contributed by atoms with E-state index in [1.807, 2.05) is 39.0 Å². The van der Waals surface area contributed by atoms with E-state index in [0.29, 0.717) is 12.2 Å². The van der Waals surface area contributed by atoms with Crippen molar-refractivity contribution in [2.75, 3.05) is 4.90 Å². The van der Waals surface area contributed by atoms with Crippen LogP contribution in [0.3, 0.4) is 0 Å². The van der Waals surface area contributed by atoms with Crippen LogP contribution in [0.25, 0.3) is 10.2 Å². The summed E-state index contributed by atoms with van der Waals surface area (Å²) in [5.74, 6) is -0.146. The summed E-state index contributed by atoms with van der Waals surface area (Å²) in [5, 5.41) is 3.37. The molecule has 0 spiro atoms. The molecule has 1 aromatic carbocycles. The van der Waals surface area contributed by atoms with E-state index in [0.717, 1.165) is 59.1 Å². The van der Waals surface area contributed by atoms with Gasteiger partial charge in [-0.3, -0.25) is 14.5 Å². The molecule has 34 heavy (non-hydrogen) atoms. The third kappa shape index (κ3) is 3.86. The Bertz CT molecular complexity index is 1250. The van der Waals surface area contributed by atoms with Gasteiger partial charge in [-0.2, -0.15) is 0 Å². The zero-order valence-electron chi connectivity index (χ0n) is 20.7. The van der Waals surface area contributed by atoms with Crippen LogP contribution in [0.15, 0.2) is 30.3 Å². The normalized spacial score (nSPS) is 21.5. The van der Waals surface area contributed by atoms with Gasteiger partial charge in [-0.15, -0.1) is 11.3 Å². The van der Waals surface area contributed by atoms with E-state index in [1.54, 1.807) is 16.2 Å². The van der Waals surface area contributed by atoms with E-state index in [-0.39, 0.29) is 17.9 Å². The molecule has 2 aromatic heterocycles. The summed E-state index contributed by atoms with van der Waals surface area (Å²) < 4.78 is 3.20. The van der Waals surface area contributed by atoms with Crippen molar-refractivity contribution in [3.8, 4) is 0 Å². The predicted octanol–water partition coefficient (Wildman–Crippen LogP) is 6.14. The highest BCUT2D eigenvalue weighted by atomic mass is 32.1. The molecule has 1 saturated carbocycles. The Kier molecular flexibility index (Phi) is 6.05. The summed E-state index contributed by atoms with van der Waals surface area (Å²) in [5.41, 5.74) is 3.63. The van der Waals surface area contributed by atoms with Crippen LogP contribution in [0.5, 0.6) is 0 Å². The first-order chi connectivity index (χ1) is 16.3. The average Bonchev–Trinajstić information content (AvgIpc) is 3.25. The minimum Gasteiger partial charge on any atom is -0.351 e. The molecule has 3 aromatic rings. The molecule has 0 radical (unpaired) electrons. The number of hydrogen-bond donors (Lipinski definition) is 1. The molecule has 5 nitrogen and oxygen atoms in total. The fourth-order valence-corrected chi connectivity index (χ4v) is 6.65. The van der Waals surface area contributed by atoms with Crippen LogP contribution in [0.4, 0.5) is 5.69 Å². The first-order valence-electron chi connectivity index (χ1n) is 12.7. The smallest absolute Gasteiger partial charge is 0.275 e. The molecule has 0 bridgehead atoms. The van der Waals surface area contributed by atoms with E-state index >= 15 is 0 Å². The quantitative estimate of drug-likeness (QED) is 0.459. The fourth-order valence-electron chi connectivity index (χ4n) is 5.61. The number of thiophene rings is 1. The first-order valence-corrected chi connectivity index (χ1v) is 13.5. The van der Waals surface area contributed by atoms with Crippen LogP contribution >= 0.6 is 11.3 Å². The van der Waals surface area contributed by atoms with Gasteiger partial charge >= 0.3 is 0 Å². The second-order valence-corrected chi connectivity index (χ2v) is 11.5. The van der Waals surface area contributed by atoms with Crippen LogP contribution in [-0.4, -0.2) is 28.0 Å². The molecule has 1 aliphatic heterocycles. The van der Waals surface area contributed by atoms with Crippen molar-refractivity contribution >= 4 is 39.1 Å². The molecule has 6 heteroatoms. The topological polar surface area (TPSA) is 54.3 Å². The van der Waals surface area contributed by atoms with Gasteiger partial charge in [0.1, 0.15) is 11.2 Å². The monoisotopic (exact) mass is 477 g/mol. The number of anilines is 1. The van der Waals surface area contributed by atoms with E-state index in [2.05, 4.69) is 28.9 Å². The SMILES string of the molecule is CCc1cc2c(cc3n2C[C@@](C)(C(=O)NC2CCCCCC2)N(c2cc(C)ccc2C)C3=O)s1. The molecule has 2 aliphatic rings. The first kappa shape index (κ1) is 23.2. The van der Waals surface area contributed by atoms with Gasteiger partial charge in [0.05, 0.1) is 16.8 Å². The van der Waals surface area contributed by atoms with Gasteiger partial charge in [0.2, 0.25) is 5.91 Å². The number of carbonyl (C=O) groups is 2. The number of fused-ring (bicyclic) bond motifs is 3. The molecule has 1 aliphatic carbocycles. The minimum absolute atomic E-state index is 0.0490. The number of aryl methyl sites for hydroxylation is 3. The van der Waals surface area contributed by atoms with Gasteiger partial charge in [0.15, 0.2) is 0 Å². The summed E-state index contributed by atoms with van der Waals surface area (Å²) in [4.78, 5) is 31.2. The Morgan fingerprint density at radius 1 is 1.12 bits per heavy atom. The Hall–Kier alpha value is -2.60. The zero-order valence-corrected chi connectivity index (χ0v) is 21.6. The lowest BCUT2D eigenvalue weighted by Gasteiger charge is -2.45. The summed E-state index contributed by atoms with van der Waals surface area (Å²) in [7, 11) is 0. The largest absolute Gasteiger partial charge is 0.351 e. The molecule has 1 N–H and O–H groups in total. The van der Waals surface area contributed by atoms with Crippen molar-refractivity contribution in [1.82, 2.24) is 9.88 Å². The van der Waals surface area contributed by atoms with Crippen LogP contribution in [0, 0.1) is 13.8 Å². The molecule has 0 unspecified atom stereocenters. The highest BCUT2D eigenvalue weighted by Crippen LogP contribution is 2.39. The van der Waals surface area contributed by atoms with Crippen LogP contribution < -0.4 is 10.2 Å². The number of amides is 2. The molecular formula is C28H35N3O2S. The molecule has 3 heterocycles. The van der Waals surface area contributed by atoms with Crippen molar-refractivity contribution in [2.24, 2.45) is 0 Å². The highest BCUT2D eigenvalue weighted by molar-refractivity contribution is 7.19. The van der Waals surface area contributed by atoms with E-state index in [1.165, 1.54) is 17.7 Å². The zero-order chi connectivity index (χ0) is 24.0. The molecule has 180 valence electrons. The van der Waals surface area contributed by atoms with Crippen molar-refractivity contribution in [3.63, 3.8) is 0 Å². The Morgan fingerprint density at radius 3 is 2.56 bits per heavy atom. The van der Waals surface area contributed by atoms with Crippen molar-refractivity contribution in [2.45, 2.75) is 90.8 Å². The fraction of sp³-hybridized carbons (Fsp3) is 0.500. The van der Waals surface area contributed by atoms with Gasteiger partial charge in [-0.05, 0) is 69.4 Å². The standard InChI is InChI=1S/C28H35N3O2S/c1-5-21-15-23-25(34-21)16-24-26(32)31(22-14-18(2)12-13-19(22)3)28(4,17-30(23)24)27(33)29-20-10-8-6-7-9-11-20/h12-16,20H,5-11,17H2,1-4H3,(H,29,33)/t28-/m0/s1. The molecule has 5 rings (SSSR count). The number of aromatic nitrogens is 1. The lowest BCUT2D eigenvalue weighted by molar-refractivity contribution is -0.127. The number of nitrogens with one attached hydrogen (secondary N) is 1. The Balaban J connectivity index is 1.62. The molecular weight excluding hydrogens is 442 g/mol. The number of rotatable bonds is 4. The number of benzene rings is 1. The summed E-state index contributed by atoms with van der Waals surface area (Å²) in [6, 6.07) is 10.5. The summed E-state index contributed by atoms with van der Waals surface area (Å²) in [6.45, 7) is 8.60. The maximum atomic E-state index is 14.1. The highest BCUT2D eigenvalue weighted by Gasteiger charge is 2.49. The van der Waals surface area contributed by atoms with Gasteiger partial charge in [-0.25, -0.2) is 0 Å². The molecule has 2 amide bonds. The van der Waals surface area contributed by atoms with Gasteiger partial charge in [0.25, 0.3) is 5.91 Å². The second kappa shape index (κ2) is 8.88. The lowest BCUT2D eigenvalue weighted by Crippen LogP contribution is -2.65. The van der Waals surface area contributed by atoms with Gasteiger partial charge in [0, 0.05) is 16.6 Å². The molecule has 1 atom stereocenters. The van der Waals surface area contributed by atoms with Crippen LogP contribution in [0.2, 0.25) is 0 Å². The van der Waals surface area contributed by atoms with E-state index < -0.39 is 5.54 Å². The van der Waals surface area contributed by atoms with Gasteiger partial charge < -0.3 is 9.88 Å². The Morgan fingerprint density at radius 2 is 1.85 bits per heavy atom. The third-order valence-electron chi connectivity index (χ3n) is 7.66.